The van der Waals surface area contributed by atoms with Crippen molar-refractivity contribution < 1.29 is 17.0 Å². The smallest absolute Gasteiger partial charge is 0.269 e. The van der Waals surface area contributed by atoms with Gasteiger partial charge >= 0.3 is 0 Å². The summed E-state index contributed by atoms with van der Waals surface area (Å²) >= 11 is 1.82. The van der Waals surface area contributed by atoms with Crippen LogP contribution in [-0.2, 0) is 7.05 Å². The van der Waals surface area contributed by atoms with E-state index < -0.39 is 0 Å². The molecular formula is C15H15ClN2S. The Morgan fingerprint density at radius 3 is 2.42 bits per heavy atom. The molecule has 3 rings (SSSR count). The topological polar surface area (TPSA) is 29.9 Å². The fourth-order valence-corrected chi connectivity index (χ4v) is 3.39. The quantitative estimate of drug-likeness (QED) is 0.507. The van der Waals surface area contributed by atoms with Crippen LogP contribution in [0.3, 0.4) is 0 Å². The van der Waals surface area contributed by atoms with Crippen molar-refractivity contribution in [1.29, 1.82) is 0 Å². The Balaban J connectivity index is 0.00000133. The largest absolute Gasteiger partial charge is 1.00 e. The van der Waals surface area contributed by atoms with E-state index in [9.17, 15) is 0 Å². The molecule has 0 saturated heterocycles. The van der Waals surface area contributed by atoms with Gasteiger partial charge in [0, 0.05) is 11.8 Å². The SMILES string of the molecule is Cc1ccc2c(c1)sc(-c1ccc(N)cc1)[n+]2C.[Cl-]. The van der Waals surface area contributed by atoms with Gasteiger partial charge in [0.15, 0.2) is 0 Å². The number of aryl methyl sites for hydroxylation is 2. The van der Waals surface area contributed by atoms with E-state index in [1.165, 1.54) is 26.4 Å². The number of nitrogen functional groups attached to an aromatic ring is 1. The molecule has 19 heavy (non-hydrogen) atoms. The molecule has 0 radical (unpaired) electrons. The first-order chi connectivity index (χ1) is 8.65. The van der Waals surface area contributed by atoms with Crippen LogP contribution < -0.4 is 22.7 Å². The van der Waals surface area contributed by atoms with Crippen molar-refractivity contribution in [2.24, 2.45) is 7.05 Å². The monoisotopic (exact) mass is 290 g/mol. The predicted molar refractivity (Wildman–Crippen MR) is 77.6 cm³/mol. The summed E-state index contributed by atoms with van der Waals surface area (Å²) in [6.07, 6.45) is 0. The highest BCUT2D eigenvalue weighted by Gasteiger charge is 2.18. The molecule has 0 fully saturated rings. The Bertz CT molecular complexity index is 717. The number of rotatable bonds is 1. The second-order valence-electron chi connectivity index (χ2n) is 4.56. The van der Waals surface area contributed by atoms with Crippen molar-refractivity contribution >= 4 is 27.2 Å². The van der Waals surface area contributed by atoms with Crippen molar-refractivity contribution in [3.05, 3.63) is 48.0 Å². The molecule has 98 valence electrons. The van der Waals surface area contributed by atoms with Gasteiger partial charge in [-0.1, -0.05) is 17.4 Å². The van der Waals surface area contributed by atoms with Crippen LogP contribution in [0.15, 0.2) is 42.5 Å². The Labute approximate surface area is 122 Å². The highest BCUT2D eigenvalue weighted by Crippen LogP contribution is 2.29. The molecule has 0 aliphatic rings. The molecule has 0 atom stereocenters. The van der Waals surface area contributed by atoms with Gasteiger partial charge < -0.3 is 18.1 Å². The first kappa shape index (κ1) is 13.8. The number of nitrogens with zero attached hydrogens (tertiary/aromatic N) is 1. The van der Waals surface area contributed by atoms with Crippen LogP contribution in [0, 0.1) is 6.92 Å². The van der Waals surface area contributed by atoms with Crippen molar-refractivity contribution in [2.75, 3.05) is 5.73 Å². The van der Waals surface area contributed by atoms with Crippen LogP contribution in [-0.4, -0.2) is 0 Å². The third-order valence-corrected chi connectivity index (χ3v) is 4.40. The number of fused-ring (bicyclic) bond motifs is 1. The van der Waals surface area contributed by atoms with E-state index in [2.05, 4.69) is 48.9 Å². The maximum atomic E-state index is 5.73. The van der Waals surface area contributed by atoms with Gasteiger partial charge in [0.2, 0.25) is 5.52 Å². The minimum absolute atomic E-state index is 0. The molecule has 0 spiro atoms. The Hall–Kier alpha value is -1.58. The number of nitrogens with two attached hydrogens (primary N) is 1. The van der Waals surface area contributed by atoms with Crippen molar-refractivity contribution in [1.82, 2.24) is 0 Å². The van der Waals surface area contributed by atoms with Gasteiger partial charge in [0.25, 0.3) is 5.01 Å². The van der Waals surface area contributed by atoms with Crippen LogP contribution in [0.5, 0.6) is 0 Å². The predicted octanol–water partition coefficient (Wildman–Crippen LogP) is 0.287. The fraction of sp³-hybridized carbons (Fsp3) is 0.133. The third-order valence-electron chi connectivity index (χ3n) is 3.15. The average Bonchev–Trinajstić information content (AvgIpc) is 2.67. The lowest BCUT2D eigenvalue weighted by atomic mass is 10.2. The van der Waals surface area contributed by atoms with Gasteiger partial charge in [0.1, 0.15) is 11.7 Å². The van der Waals surface area contributed by atoms with Crippen molar-refractivity contribution in [2.45, 2.75) is 6.92 Å². The normalized spacial score (nSPS) is 10.4. The van der Waals surface area contributed by atoms with E-state index in [1.54, 1.807) is 0 Å². The van der Waals surface area contributed by atoms with E-state index in [0.29, 0.717) is 0 Å². The summed E-state index contributed by atoms with van der Waals surface area (Å²) < 4.78 is 3.56. The summed E-state index contributed by atoms with van der Waals surface area (Å²) in [6, 6.07) is 14.6. The lowest BCUT2D eigenvalue weighted by molar-refractivity contribution is -0.629. The molecule has 0 aliphatic heterocycles. The highest BCUT2D eigenvalue weighted by atomic mass is 35.5. The summed E-state index contributed by atoms with van der Waals surface area (Å²) in [4.78, 5) is 0. The number of halogens is 1. The van der Waals surface area contributed by atoms with Gasteiger partial charge in [-0.15, -0.1) is 0 Å². The zero-order valence-electron chi connectivity index (χ0n) is 10.9. The highest BCUT2D eigenvalue weighted by molar-refractivity contribution is 7.21. The summed E-state index contributed by atoms with van der Waals surface area (Å²) in [6.45, 7) is 2.13. The minimum Gasteiger partial charge on any atom is -1.00 e. The third kappa shape index (κ3) is 2.44. The first-order valence-corrected chi connectivity index (χ1v) is 6.72. The van der Waals surface area contributed by atoms with E-state index in [-0.39, 0.29) is 12.4 Å². The molecule has 0 saturated carbocycles. The molecule has 2 aromatic carbocycles. The molecule has 0 aliphatic carbocycles. The number of hydrogen-bond acceptors (Lipinski definition) is 2. The number of thiazole rings is 1. The van der Waals surface area contributed by atoms with Gasteiger partial charge in [-0.05, 0) is 42.8 Å². The minimum atomic E-state index is 0. The van der Waals surface area contributed by atoms with Crippen molar-refractivity contribution in [3.8, 4) is 10.6 Å². The molecule has 1 heterocycles. The Kier molecular flexibility index (Phi) is 3.78. The number of aromatic nitrogens is 1. The van der Waals surface area contributed by atoms with Gasteiger partial charge in [-0.3, -0.25) is 0 Å². The maximum absolute atomic E-state index is 5.73. The number of anilines is 1. The van der Waals surface area contributed by atoms with Gasteiger partial charge in [0.05, 0.1) is 5.56 Å². The molecular weight excluding hydrogens is 276 g/mol. The summed E-state index contributed by atoms with van der Waals surface area (Å²) in [7, 11) is 2.11. The standard InChI is InChI=1S/C15H14N2S.ClH/c1-10-3-8-13-14(9-10)18-15(17(13)2)11-4-6-12(16)7-5-11;/h3-9,16H,1-2H3;1H. The molecule has 0 unspecified atom stereocenters. The van der Waals surface area contributed by atoms with Gasteiger partial charge in [-0.2, -0.15) is 4.57 Å². The lowest BCUT2D eigenvalue weighted by Gasteiger charge is -1.95. The molecule has 4 heteroatoms. The van der Waals surface area contributed by atoms with Crippen LogP contribution in [0.2, 0.25) is 0 Å². The maximum Gasteiger partial charge on any atom is 0.269 e. The molecule has 0 bridgehead atoms. The summed E-state index contributed by atoms with van der Waals surface area (Å²) in [5.41, 5.74) is 10.3. The van der Waals surface area contributed by atoms with E-state index in [1.807, 2.05) is 23.5 Å². The van der Waals surface area contributed by atoms with Crippen LogP contribution in [0.4, 0.5) is 5.69 Å². The summed E-state index contributed by atoms with van der Waals surface area (Å²) in [5, 5.41) is 1.26. The Morgan fingerprint density at radius 1 is 1.05 bits per heavy atom. The van der Waals surface area contributed by atoms with Crippen LogP contribution in [0.1, 0.15) is 5.56 Å². The average molecular weight is 291 g/mol. The first-order valence-electron chi connectivity index (χ1n) is 5.90. The zero-order valence-corrected chi connectivity index (χ0v) is 12.4. The molecule has 0 amide bonds. The van der Waals surface area contributed by atoms with Crippen molar-refractivity contribution in [3.63, 3.8) is 0 Å². The molecule has 3 aromatic rings. The molecule has 1 aromatic heterocycles. The van der Waals surface area contributed by atoms with Gasteiger partial charge in [-0.25, -0.2) is 0 Å². The Morgan fingerprint density at radius 2 is 1.74 bits per heavy atom. The fourth-order valence-electron chi connectivity index (χ4n) is 2.14. The summed E-state index contributed by atoms with van der Waals surface area (Å²) in [5.74, 6) is 0. The van der Waals surface area contributed by atoms with E-state index in [4.69, 9.17) is 5.73 Å². The zero-order chi connectivity index (χ0) is 12.7. The van der Waals surface area contributed by atoms with Crippen LogP contribution >= 0.6 is 11.3 Å². The van der Waals surface area contributed by atoms with E-state index >= 15 is 0 Å². The molecule has 2 nitrogen and oxygen atoms in total. The molecule has 2 N–H and O–H groups in total. The second-order valence-corrected chi connectivity index (χ2v) is 5.59. The van der Waals surface area contributed by atoms with E-state index in [0.717, 1.165) is 5.69 Å². The number of benzene rings is 2. The van der Waals surface area contributed by atoms with Crippen LogP contribution in [0.25, 0.3) is 20.8 Å². The lowest BCUT2D eigenvalue weighted by Crippen LogP contribution is -3.00. The second kappa shape index (κ2) is 5.19. The number of hydrogen-bond donors (Lipinski definition) is 1.